The highest BCUT2D eigenvalue weighted by Crippen LogP contribution is 2.50. The first-order valence-electron chi connectivity index (χ1n) is 10.6. The molecule has 35 heavy (non-hydrogen) atoms. The maximum absolute atomic E-state index is 12.4. The van der Waals surface area contributed by atoms with Gasteiger partial charge in [0.05, 0.1) is 36.0 Å². The van der Waals surface area contributed by atoms with Gasteiger partial charge >= 0.3 is 5.97 Å². The summed E-state index contributed by atoms with van der Waals surface area (Å²) in [6, 6.07) is 14.2. The number of hydrazone groups is 1. The van der Waals surface area contributed by atoms with Gasteiger partial charge in [0.25, 0.3) is 0 Å². The molecule has 10 heteroatoms. The van der Waals surface area contributed by atoms with Crippen molar-refractivity contribution in [2.45, 2.75) is 18.7 Å². The quantitative estimate of drug-likeness (QED) is 0.363. The fourth-order valence-corrected chi connectivity index (χ4v) is 5.16. The van der Waals surface area contributed by atoms with Gasteiger partial charge < -0.3 is 19.3 Å². The first kappa shape index (κ1) is 23.8. The fourth-order valence-electron chi connectivity index (χ4n) is 4.48. The number of hydrogen-bond donors (Lipinski definition) is 1. The summed E-state index contributed by atoms with van der Waals surface area (Å²) in [7, 11) is 2.86. The molecule has 2 heterocycles. The van der Waals surface area contributed by atoms with Crippen LogP contribution in [0.5, 0.6) is 17.2 Å². The van der Waals surface area contributed by atoms with E-state index in [0.29, 0.717) is 33.5 Å². The van der Waals surface area contributed by atoms with E-state index in [-0.39, 0.29) is 17.4 Å². The molecule has 0 unspecified atom stereocenters. The van der Waals surface area contributed by atoms with Gasteiger partial charge in [0, 0.05) is 22.0 Å². The molecule has 0 saturated carbocycles. The van der Waals surface area contributed by atoms with Gasteiger partial charge in [-0.2, -0.15) is 5.10 Å². The van der Waals surface area contributed by atoms with Gasteiger partial charge in [-0.1, -0.05) is 45.2 Å². The van der Waals surface area contributed by atoms with E-state index in [1.165, 1.54) is 14.2 Å². The Bertz CT molecular complexity index is 1380. The van der Waals surface area contributed by atoms with E-state index in [4.69, 9.17) is 42.5 Å². The molecule has 0 aliphatic carbocycles. The maximum atomic E-state index is 12.4. The van der Waals surface area contributed by atoms with Crippen molar-refractivity contribution >= 4 is 50.8 Å². The molecular formula is C25H19BrCl2N2O5. The molecule has 2 aliphatic heterocycles. The number of carbonyl (C=O) groups is 1. The van der Waals surface area contributed by atoms with Crippen LogP contribution in [0.1, 0.15) is 45.7 Å². The molecule has 0 fully saturated rings. The second-order valence-electron chi connectivity index (χ2n) is 8.00. The highest BCUT2D eigenvalue weighted by atomic mass is 79.9. The van der Waals surface area contributed by atoms with Gasteiger partial charge in [-0.25, -0.2) is 9.80 Å². The number of carboxylic acids is 1. The predicted octanol–water partition coefficient (Wildman–Crippen LogP) is 6.71. The standard InChI is InChI=1S/C25H19BrCl2N2O5/c1-33-21-8-5-14(22(25(31)32)23(21)34-2)24-30-19(15-10-13(26)4-7-20(15)35-24)11-18(29-30)12-3-6-16(27)17(28)9-12/h3-10,19,24H,11H2,1-2H3,(H,31,32)/t19-,24+/m0/s1. The maximum Gasteiger partial charge on any atom is 0.340 e. The minimum atomic E-state index is -1.16. The van der Waals surface area contributed by atoms with Crippen molar-refractivity contribution in [1.29, 1.82) is 0 Å². The Morgan fingerprint density at radius 1 is 1.09 bits per heavy atom. The van der Waals surface area contributed by atoms with Crippen LogP contribution in [-0.4, -0.2) is 36.0 Å². The Hall–Kier alpha value is -2.94. The lowest BCUT2D eigenvalue weighted by atomic mass is 9.95. The third-order valence-corrected chi connectivity index (χ3v) is 7.29. The number of rotatable bonds is 5. The van der Waals surface area contributed by atoms with E-state index in [1.54, 1.807) is 29.3 Å². The molecule has 0 amide bonds. The largest absolute Gasteiger partial charge is 0.493 e. The molecule has 2 aliphatic rings. The number of carboxylic acid groups (broad SMARTS) is 1. The lowest BCUT2D eigenvalue weighted by Crippen LogP contribution is -2.34. The lowest BCUT2D eigenvalue weighted by molar-refractivity contribution is -0.0199. The SMILES string of the molecule is COc1ccc([C@H]2Oc3ccc(Br)cc3[C@@H]3CC(c4ccc(Cl)c(Cl)c4)=NN23)c(C(=O)O)c1OC. The van der Waals surface area contributed by atoms with E-state index >= 15 is 0 Å². The second kappa shape index (κ2) is 9.26. The van der Waals surface area contributed by atoms with Gasteiger partial charge in [0.2, 0.25) is 6.23 Å². The smallest absolute Gasteiger partial charge is 0.340 e. The Labute approximate surface area is 219 Å². The summed E-state index contributed by atoms with van der Waals surface area (Å²) in [5.41, 5.74) is 2.90. The van der Waals surface area contributed by atoms with Crippen molar-refractivity contribution in [2.24, 2.45) is 5.10 Å². The average Bonchev–Trinajstić information content (AvgIpc) is 3.30. The van der Waals surface area contributed by atoms with Crippen molar-refractivity contribution in [3.8, 4) is 17.2 Å². The molecular weight excluding hydrogens is 559 g/mol. The monoisotopic (exact) mass is 576 g/mol. The van der Waals surface area contributed by atoms with Crippen molar-refractivity contribution in [1.82, 2.24) is 5.01 Å². The molecule has 0 radical (unpaired) electrons. The zero-order valence-corrected chi connectivity index (χ0v) is 21.7. The molecule has 3 aromatic rings. The average molecular weight is 578 g/mol. The number of benzene rings is 3. The number of fused-ring (bicyclic) bond motifs is 3. The van der Waals surface area contributed by atoms with E-state index in [1.807, 2.05) is 24.3 Å². The molecule has 180 valence electrons. The minimum absolute atomic E-state index is 0.0469. The van der Waals surface area contributed by atoms with Gasteiger partial charge in [-0.3, -0.25) is 0 Å². The Kier molecular flexibility index (Phi) is 6.29. The van der Waals surface area contributed by atoms with Crippen LogP contribution in [0, 0.1) is 0 Å². The number of methoxy groups -OCH3 is 2. The van der Waals surface area contributed by atoms with Crippen LogP contribution < -0.4 is 14.2 Å². The minimum Gasteiger partial charge on any atom is -0.493 e. The molecule has 0 bridgehead atoms. The number of halogens is 3. The third-order valence-electron chi connectivity index (χ3n) is 6.06. The summed E-state index contributed by atoms with van der Waals surface area (Å²) in [5.74, 6) is -0.0829. The highest BCUT2D eigenvalue weighted by Gasteiger charge is 2.43. The molecule has 0 saturated heterocycles. The van der Waals surface area contributed by atoms with E-state index in [9.17, 15) is 9.90 Å². The molecule has 7 nitrogen and oxygen atoms in total. The summed E-state index contributed by atoms with van der Waals surface area (Å²) in [4.78, 5) is 12.4. The van der Waals surface area contributed by atoms with Crippen LogP contribution >= 0.6 is 39.1 Å². The summed E-state index contributed by atoms with van der Waals surface area (Å²) in [5, 5.41) is 17.7. The van der Waals surface area contributed by atoms with Crippen molar-refractivity contribution in [3.05, 3.63) is 85.3 Å². The van der Waals surface area contributed by atoms with Crippen molar-refractivity contribution in [3.63, 3.8) is 0 Å². The van der Waals surface area contributed by atoms with E-state index in [2.05, 4.69) is 15.9 Å². The van der Waals surface area contributed by atoms with Gasteiger partial charge in [0.1, 0.15) is 11.3 Å². The third kappa shape index (κ3) is 4.09. The molecule has 5 rings (SSSR count). The first-order chi connectivity index (χ1) is 16.8. The Morgan fingerprint density at radius 3 is 2.57 bits per heavy atom. The normalized spacial score (nSPS) is 18.3. The summed E-state index contributed by atoms with van der Waals surface area (Å²) in [6.07, 6.45) is -0.253. The molecule has 1 N–H and O–H groups in total. The number of ether oxygens (including phenoxy) is 3. The summed E-state index contributed by atoms with van der Waals surface area (Å²) < 4.78 is 18.0. The van der Waals surface area contributed by atoms with Crippen LogP contribution in [0.15, 0.2) is 58.1 Å². The zero-order valence-electron chi connectivity index (χ0n) is 18.6. The first-order valence-corrected chi connectivity index (χ1v) is 12.1. The number of nitrogens with zero attached hydrogens (tertiary/aromatic N) is 2. The van der Waals surface area contributed by atoms with Gasteiger partial charge in [-0.05, 0) is 48.0 Å². The Morgan fingerprint density at radius 2 is 1.89 bits per heavy atom. The Balaban J connectivity index is 1.68. The zero-order chi connectivity index (χ0) is 24.9. The van der Waals surface area contributed by atoms with Crippen LogP contribution in [0.3, 0.4) is 0 Å². The highest BCUT2D eigenvalue weighted by molar-refractivity contribution is 9.10. The fraction of sp³-hybridized carbons (Fsp3) is 0.200. The molecule has 0 spiro atoms. The van der Waals surface area contributed by atoms with E-state index in [0.717, 1.165) is 21.3 Å². The van der Waals surface area contributed by atoms with Crippen LogP contribution in [0.4, 0.5) is 0 Å². The van der Waals surface area contributed by atoms with Crippen molar-refractivity contribution < 1.29 is 24.1 Å². The molecule has 3 aromatic carbocycles. The number of hydrogen-bond acceptors (Lipinski definition) is 6. The lowest BCUT2D eigenvalue weighted by Gasteiger charge is -2.38. The summed E-state index contributed by atoms with van der Waals surface area (Å²) >= 11 is 15.9. The summed E-state index contributed by atoms with van der Waals surface area (Å²) in [6.45, 7) is 0. The van der Waals surface area contributed by atoms with Crippen molar-refractivity contribution in [2.75, 3.05) is 14.2 Å². The van der Waals surface area contributed by atoms with Gasteiger partial charge in [-0.15, -0.1) is 0 Å². The van der Waals surface area contributed by atoms with Gasteiger partial charge in [0.15, 0.2) is 11.5 Å². The van der Waals surface area contributed by atoms with Crippen LogP contribution in [0.2, 0.25) is 10.0 Å². The molecule has 2 atom stereocenters. The number of aromatic carboxylic acids is 1. The molecule has 0 aromatic heterocycles. The second-order valence-corrected chi connectivity index (χ2v) is 9.73. The topological polar surface area (TPSA) is 80.6 Å². The van der Waals surface area contributed by atoms with Crippen LogP contribution in [-0.2, 0) is 0 Å². The van der Waals surface area contributed by atoms with Crippen LogP contribution in [0.25, 0.3) is 0 Å². The van der Waals surface area contributed by atoms with E-state index < -0.39 is 12.2 Å². The predicted molar refractivity (Wildman–Crippen MR) is 136 cm³/mol.